The van der Waals surface area contributed by atoms with Crippen molar-refractivity contribution in [3.05, 3.63) is 21.7 Å². The van der Waals surface area contributed by atoms with E-state index in [2.05, 4.69) is 5.16 Å². The number of rotatable bonds is 2. The van der Waals surface area contributed by atoms with Crippen molar-refractivity contribution in [2.45, 2.75) is 19.9 Å². The average molecular weight is 170 g/mol. The smallest absolute Gasteiger partial charge is 0.285 e. The standard InChI is InChI=1S/C7H10N2O3/c1-3(10)6(8)5-4(2)12-9-7(5)11/h6H,8H2,1-2H3,(H,9,11)/t6-/m0/s1. The van der Waals surface area contributed by atoms with Crippen LogP contribution in [-0.4, -0.2) is 10.9 Å². The Morgan fingerprint density at radius 2 is 2.25 bits per heavy atom. The first-order valence-electron chi connectivity index (χ1n) is 3.48. The fraction of sp³-hybridized carbons (Fsp3) is 0.429. The van der Waals surface area contributed by atoms with Crippen LogP contribution in [0.5, 0.6) is 0 Å². The highest BCUT2D eigenvalue weighted by atomic mass is 16.5. The molecule has 1 aromatic rings. The largest absolute Gasteiger partial charge is 0.383 e. The van der Waals surface area contributed by atoms with Gasteiger partial charge >= 0.3 is 0 Å². The van der Waals surface area contributed by atoms with E-state index in [0.29, 0.717) is 5.76 Å². The number of carbonyl (C=O) groups excluding carboxylic acids is 1. The van der Waals surface area contributed by atoms with E-state index in [1.165, 1.54) is 6.92 Å². The molecule has 0 radical (unpaired) electrons. The number of hydrogen-bond acceptors (Lipinski definition) is 4. The maximum Gasteiger partial charge on any atom is 0.285 e. The minimum absolute atomic E-state index is 0.211. The summed E-state index contributed by atoms with van der Waals surface area (Å²) in [5, 5.41) is 2.11. The van der Waals surface area contributed by atoms with Gasteiger partial charge in [0.15, 0.2) is 5.78 Å². The maximum absolute atomic E-state index is 11.0. The van der Waals surface area contributed by atoms with Crippen molar-refractivity contribution in [1.29, 1.82) is 0 Å². The third-order valence-corrected chi connectivity index (χ3v) is 1.67. The number of carbonyl (C=O) groups is 1. The Balaban J connectivity index is 3.18. The Kier molecular flexibility index (Phi) is 2.14. The molecule has 0 amide bonds. The Bertz CT molecular complexity index is 350. The van der Waals surface area contributed by atoms with Crippen LogP contribution < -0.4 is 11.3 Å². The second-order valence-corrected chi connectivity index (χ2v) is 2.59. The van der Waals surface area contributed by atoms with Crippen LogP contribution in [0.4, 0.5) is 0 Å². The van der Waals surface area contributed by atoms with Crippen LogP contribution >= 0.6 is 0 Å². The number of ketones is 1. The number of Topliss-reactive ketones (excluding diaryl/α,β-unsaturated/α-hetero) is 1. The second-order valence-electron chi connectivity index (χ2n) is 2.59. The van der Waals surface area contributed by atoms with Gasteiger partial charge in [0.25, 0.3) is 5.56 Å². The van der Waals surface area contributed by atoms with Crippen LogP contribution in [0.15, 0.2) is 9.32 Å². The van der Waals surface area contributed by atoms with E-state index < -0.39 is 11.6 Å². The number of hydrogen-bond donors (Lipinski definition) is 2. The van der Waals surface area contributed by atoms with Crippen molar-refractivity contribution in [3.63, 3.8) is 0 Å². The van der Waals surface area contributed by atoms with Gasteiger partial charge in [-0.15, -0.1) is 0 Å². The van der Waals surface area contributed by atoms with Crippen molar-refractivity contribution in [2.75, 3.05) is 0 Å². The minimum atomic E-state index is -0.882. The fourth-order valence-electron chi connectivity index (χ4n) is 0.956. The van der Waals surface area contributed by atoms with Crippen molar-refractivity contribution >= 4 is 5.78 Å². The van der Waals surface area contributed by atoms with E-state index in [-0.39, 0.29) is 11.3 Å². The molecule has 1 rings (SSSR count). The zero-order valence-electron chi connectivity index (χ0n) is 6.88. The lowest BCUT2D eigenvalue weighted by Gasteiger charge is -2.02. The summed E-state index contributed by atoms with van der Waals surface area (Å²) in [7, 11) is 0. The molecule has 0 saturated heterocycles. The monoisotopic (exact) mass is 170 g/mol. The molecule has 0 bridgehead atoms. The van der Waals surface area contributed by atoms with E-state index in [1.807, 2.05) is 0 Å². The number of aryl methyl sites for hydroxylation is 1. The molecule has 12 heavy (non-hydrogen) atoms. The SMILES string of the molecule is CC(=O)[C@H](N)c1c(C)o[nH]c1=O. The van der Waals surface area contributed by atoms with E-state index >= 15 is 0 Å². The molecule has 0 aromatic carbocycles. The van der Waals surface area contributed by atoms with Crippen molar-refractivity contribution in [1.82, 2.24) is 5.16 Å². The van der Waals surface area contributed by atoms with E-state index in [0.717, 1.165) is 0 Å². The third kappa shape index (κ3) is 1.31. The van der Waals surface area contributed by atoms with Gasteiger partial charge in [0.1, 0.15) is 5.76 Å². The first-order valence-corrected chi connectivity index (χ1v) is 3.48. The molecule has 5 nitrogen and oxygen atoms in total. The number of H-pyrrole nitrogens is 1. The van der Waals surface area contributed by atoms with Gasteiger partial charge in [0.2, 0.25) is 0 Å². The Morgan fingerprint density at radius 3 is 2.58 bits per heavy atom. The number of aromatic amines is 1. The minimum Gasteiger partial charge on any atom is -0.383 e. The number of aromatic nitrogens is 1. The quantitative estimate of drug-likeness (QED) is 0.646. The van der Waals surface area contributed by atoms with Gasteiger partial charge in [-0.05, 0) is 13.8 Å². The molecule has 1 heterocycles. The van der Waals surface area contributed by atoms with Crippen LogP contribution in [-0.2, 0) is 4.79 Å². The second kappa shape index (κ2) is 2.94. The molecular weight excluding hydrogens is 160 g/mol. The lowest BCUT2D eigenvalue weighted by atomic mass is 10.1. The zero-order chi connectivity index (χ0) is 9.30. The number of nitrogens with two attached hydrogens (primary N) is 1. The molecular formula is C7H10N2O3. The fourth-order valence-corrected chi connectivity index (χ4v) is 0.956. The molecule has 0 aliphatic carbocycles. The summed E-state index contributed by atoms with van der Waals surface area (Å²) >= 11 is 0. The van der Waals surface area contributed by atoms with E-state index in [1.54, 1.807) is 6.92 Å². The van der Waals surface area contributed by atoms with E-state index in [4.69, 9.17) is 10.3 Å². The van der Waals surface area contributed by atoms with Gasteiger partial charge in [-0.2, -0.15) is 5.16 Å². The van der Waals surface area contributed by atoms with Gasteiger partial charge in [0.05, 0.1) is 11.6 Å². The van der Waals surface area contributed by atoms with Crippen LogP contribution in [0.25, 0.3) is 0 Å². The summed E-state index contributed by atoms with van der Waals surface area (Å²) in [5.74, 6) is 0.104. The summed E-state index contributed by atoms with van der Waals surface area (Å²) in [6.07, 6.45) is 0. The van der Waals surface area contributed by atoms with Crippen LogP contribution in [0, 0.1) is 6.92 Å². The van der Waals surface area contributed by atoms with Crippen molar-refractivity contribution in [3.8, 4) is 0 Å². The van der Waals surface area contributed by atoms with Crippen LogP contribution in [0.1, 0.15) is 24.3 Å². The molecule has 0 unspecified atom stereocenters. The summed E-state index contributed by atoms with van der Waals surface area (Å²) in [4.78, 5) is 21.8. The highest BCUT2D eigenvalue weighted by Crippen LogP contribution is 2.10. The maximum atomic E-state index is 11.0. The normalized spacial score (nSPS) is 12.9. The first kappa shape index (κ1) is 8.73. The lowest BCUT2D eigenvalue weighted by Crippen LogP contribution is -2.24. The zero-order valence-corrected chi connectivity index (χ0v) is 6.88. The lowest BCUT2D eigenvalue weighted by molar-refractivity contribution is -0.118. The summed E-state index contributed by atoms with van der Waals surface area (Å²) < 4.78 is 4.70. The predicted octanol–water partition coefficient (Wildman–Crippen LogP) is -0.135. The molecule has 0 fully saturated rings. The highest BCUT2D eigenvalue weighted by molar-refractivity contribution is 5.82. The topological polar surface area (TPSA) is 89.1 Å². The predicted molar refractivity (Wildman–Crippen MR) is 41.7 cm³/mol. The molecule has 0 spiro atoms. The molecule has 1 aromatic heterocycles. The van der Waals surface area contributed by atoms with Gasteiger partial charge in [0, 0.05) is 0 Å². The molecule has 1 atom stereocenters. The molecule has 0 aliphatic heterocycles. The highest BCUT2D eigenvalue weighted by Gasteiger charge is 2.20. The molecule has 3 N–H and O–H groups in total. The van der Waals surface area contributed by atoms with E-state index in [9.17, 15) is 9.59 Å². The Hall–Kier alpha value is -1.36. The van der Waals surface area contributed by atoms with Gasteiger partial charge in [-0.3, -0.25) is 9.59 Å². The third-order valence-electron chi connectivity index (χ3n) is 1.67. The Labute approximate surface area is 68.5 Å². The summed E-state index contributed by atoms with van der Waals surface area (Å²) in [6.45, 7) is 2.91. The molecule has 5 heteroatoms. The Morgan fingerprint density at radius 1 is 1.67 bits per heavy atom. The van der Waals surface area contributed by atoms with Crippen molar-refractivity contribution in [2.24, 2.45) is 5.73 Å². The van der Waals surface area contributed by atoms with Crippen LogP contribution in [0.2, 0.25) is 0 Å². The van der Waals surface area contributed by atoms with Crippen molar-refractivity contribution < 1.29 is 9.32 Å². The molecule has 0 saturated carbocycles. The van der Waals surface area contributed by atoms with Gasteiger partial charge < -0.3 is 10.3 Å². The molecule has 0 aliphatic rings. The van der Waals surface area contributed by atoms with Gasteiger partial charge in [-0.25, -0.2) is 0 Å². The summed E-state index contributed by atoms with van der Waals surface area (Å²) in [6, 6.07) is -0.882. The average Bonchev–Trinajstić information content (AvgIpc) is 2.30. The molecule has 66 valence electrons. The summed E-state index contributed by atoms with van der Waals surface area (Å²) in [5.41, 5.74) is 5.23. The number of nitrogens with one attached hydrogen (secondary N) is 1. The van der Waals surface area contributed by atoms with Crippen LogP contribution in [0.3, 0.4) is 0 Å². The van der Waals surface area contributed by atoms with Gasteiger partial charge in [-0.1, -0.05) is 0 Å². The first-order chi connectivity index (χ1) is 5.54.